The zero-order valence-electron chi connectivity index (χ0n) is 17.8. The molecular weight excluding hydrogens is 532 g/mol. The molecule has 6 rings (SSSR count). The van der Waals surface area contributed by atoms with E-state index in [-0.39, 0.29) is 23.5 Å². The van der Waals surface area contributed by atoms with E-state index in [1.54, 1.807) is 22.8 Å². The first kappa shape index (κ1) is 22.7. The summed E-state index contributed by atoms with van der Waals surface area (Å²) in [4.78, 5) is 11.6. The zero-order chi connectivity index (χ0) is 24.5. The van der Waals surface area contributed by atoms with Gasteiger partial charge in [-0.25, -0.2) is 13.2 Å². The number of halogens is 1. The summed E-state index contributed by atoms with van der Waals surface area (Å²) in [6.07, 6.45) is 1.64. The number of carbonyl (C=O) groups is 1. The Balaban J connectivity index is 1.51. The Morgan fingerprint density at radius 1 is 1.20 bits per heavy atom. The number of benzene rings is 2. The molecule has 2 atom stereocenters. The van der Waals surface area contributed by atoms with Gasteiger partial charge in [0, 0.05) is 12.1 Å². The standard InChI is InChI=1S/C23H15ClN2O6S3/c24-18-9-15-23(33-18)34-19(25(15)11-22(27)28)10-20-26(12-21(26)35(29,30)31)16-8-14(6-7-17(16)32-20)13-4-2-1-3-5-13/h1-10,21H,11-12H2/p+1. The molecule has 1 fully saturated rings. The molecule has 2 aromatic heterocycles. The number of thiazole rings is 1. The van der Waals surface area contributed by atoms with Crippen molar-refractivity contribution in [3.8, 4) is 16.9 Å². The van der Waals surface area contributed by atoms with Crippen LogP contribution in [0, 0.1) is 0 Å². The summed E-state index contributed by atoms with van der Waals surface area (Å²) in [6.45, 7) is -0.256. The third-order valence-electron chi connectivity index (χ3n) is 6.18. The van der Waals surface area contributed by atoms with Gasteiger partial charge in [-0.05, 0) is 17.2 Å². The molecule has 0 aliphatic carbocycles. The highest BCUT2D eigenvalue weighted by molar-refractivity contribution is 7.86. The number of quaternary nitrogens is 1. The van der Waals surface area contributed by atoms with Crippen LogP contribution in [-0.4, -0.2) is 36.0 Å². The molecule has 2 aliphatic rings. The summed E-state index contributed by atoms with van der Waals surface area (Å²) in [7, 11) is -4.63. The molecule has 4 aromatic rings. The maximum absolute atomic E-state index is 12.1. The minimum atomic E-state index is -4.63. The lowest BCUT2D eigenvalue weighted by Gasteiger charge is -2.14. The van der Waals surface area contributed by atoms with Crippen molar-refractivity contribution in [3.63, 3.8) is 0 Å². The number of thiophene rings is 1. The van der Waals surface area contributed by atoms with Gasteiger partial charge < -0.3 is 14.4 Å². The van der Waals surface area contributed by atoms with Gasteiger partial charge in [0.15, 0.2) is 32.1 Å². The van der Waals surface area contributed by atoms with Gasteiger partial charge in [0.1, 0.15) is 10.4 Å². The maximum Gasteiger partial charge on any atom is 0.370 e. The van der Waals surface area contributed by atoms with Crippen LogP contribution >= 0.6 is 34.3 Å². The van der Waals surface area contributed by atoms with Gasteiger partial charge in [0.2, 0.25) is 17.4 Å². The molecule has 0 saturated carbocycles. The maximum atomic E-state index is 12.1. The van der Waals surface area contributed by atoms with E-state index in [0.29, 0.717) is 26.3 Å². The molecule has 0 amide bonds. The number of carboxylic acid groups (broad SMARTS) is 1. The summed E-state index contributed by atoms with van der Waals surface area (Å²) >= 11 is 8.78. The van der Waals surface area contributed by atoms with Crippen molar-refractivity contribution in [1.29, 1.82) is 0 Å². The first-order valence-corrected chi connectivity index (χ1v) is 13.9. The third-order valence-corrected chi connectivity index (χ3v) is 9.85. The van der Waals surface area contributed by atoms with Crippen molar-refractivity contribution in [2.24, 2.45) is 0 Å². The van der Waals surface area contributed by atoms with Gasteiger partial charge in [0.25, 0.3) is 5.01 Å². The second-order valence-corrected chi connectivity index (χ2v) is 12.8. The number of rotatable bonds is 5. The highest BCUT2D eigenvalue weighted by Crippen LogP contribution is 2.56. The molecule has 178 valence electrons. The summed E-state index contributed by atoms with van der Waals surface area (Å²) in [5.74, 6) is -0.294. The SMILES string of the molecule is O=C(O)C[n+]1c(C=C2Oc3ccc(-c4ccccc4)cc3[N+]23CC3S(=O)(=O)[O-])sc2sc(Cl)cc21. The Bertz CT molecular complexity index is 1660. The Morgan fingerprint density at radius 2 is 1.97 bits per heavy atom. The largest absolute Gasteiger partial charge is 0.743 e. The molecular formula is C23H16ClN2O6S3+. The van der Waals surface area contributed by atoms with Crippen LogP contribution in [-0.2, 0) is 21.5 Å². The van der Waals surface area contributed by atoms with Crippen LogP contribution in [0.4, 0.5) is 5.69 Å². The first-order chi connectivity index (χ1) is 16.7. The van der Waals surface area contributed by atoms with E-state index in [1.807, 2.05) is 42.5 Å². The highest BCUT2D eigenvalue weighted by Gasteiger charge is 2.69. The molecule has 1 spiro atoms. The third kappa shape index (κ3) is 3.66. The molecule has 8 nitrogen and oxygen atoms in total. The number of hydrogen-bond donors (Lipinski definition) is 1. The number of aliphatic carboxylic acids is 1. The number of nitrogens with zero attached hydrogens (tertiary/aromatic N) is 2. The van der Waals surface area contributed by atoms with E-state index in [9.17, 15) is 22.9 Å². The number of fused-ring (bicyclic) bond motifs is 3. The van der Waals surface area contributed by atoms with Gasteiger partial charge in [-0.1, -0.05) is 59.3 Å². The minimum Gasteiger partial charge on any atom is -0.743 e. The summed E-state index contributed by atoms with van der Waals surface area (Å²) in [6, 6.07) is 16.8. The van der Waals surface area contributed by atoms with Crippen LogP contribution in [0.2, 0.25) is 4.34 Å². The Hall–Kier alpha value is -2.80. The van der Waals surface area contributed by atoms with Crippen molar-refractivity contribution in [2.45, 2.75) is 11.9 Å². The van der Waals surface area contributed by atoms with Crippen molar-refractivity contribution in [2.75, 3.05) is 6.54 Å². The van der Waals surface area contributed by atoms with Crippen LogP contribution in [0.15, 0.2) is 60.5 Å². The van der Waals surface area contributed by atoms with E-state index in [0.717, 1.165) is 15.1 Å². The molecule has 2 aliphatic heterocycles. The van der Waals surface area contributed by atoms with Crippen LogP contribution in [0.5, 0.6) is 5.75 Å². The van der Waals surface area contributed by atoms with Crippen molar-refractivity contribution >= 4 is 71.7 Å². The van der Waals surface area contributed by atoms with Gasteiger partial charge in [0.05, 0.1) is 0 Å². The Morgan fingerprint density at radius 3 is 2.66 bits per heavy atom. The number of hydrogen-bond acceptors (Lipinski definition) is 7. The topological polar surface area (TPSA) is 108 Å². The lowest BCUT2D eigenvalue weighted by Crippen LogP contribution is -2.39. The number of aromatic nitrogens is 1. The van der Waals surface area contributed by atoms with Gasteiger partial charge in [-0.15, -0.1) is 11.3 Å². The molecule has 2 aromatic carbocycles. The van der Waals surface area contributed by atoms with E-state index in [2.05, 4.69) is 0 Å². The van der Waals surface area contributed by atoms with E-state index in [1.165, 1.54) is 22.7 Å². The second kappa shape index (κ2) is 7.85. The quantitative estimate of drug-likeness (QED) is 0.173. The molecule has 4 heterocycles. The summed E-state index contributed by atoms with van der Waals surface area (Å²) < 4.78 is 45.2. The van der Waals surface area contributed by atoms with Crippen molar-refractivity contribution < 1.29 is 32.2 Å². The van der Waals surface area contributed by atoms with E-state index in [4.69, 9.17) is 16.3 Å². The predicted octanol–water partition coefficient (Wildman–Crippen LogP) is 4.24. The van der Waals surface area contributed by atoms with Crippen molar-refractivity contribution in [1.82, 2.24) is 4.48 Å². The lowest BCUT2D eigenvalue weighted by atomic mass is 10.0. The highest BCUT2D eigenvalue weighted by atomic mass is 35.5. The molecule has 0 bridgehead atoms. The fraction of sp³-hybridized carbons (Fsp3) is 0.130. The minimum absolute atomic E-state index is 0.0490. The Kier molecular flexibility index (Phi) is 5.08. The van der Waals surface area contributed by atoms with E-state index >= 15 is 0 Å². The summed E-state index contributed by atoms with van der Waals surface area (Å²) in [5.41, 5.74) is 3.08. The van der Waals surface area contributed by atoms with Gasteiger partial charge in [-0.2, -0.15) is 9.05 Å². The van der Waals surface area contributed by atoms with Crippen LogP contribution in [0.25, 0.3) is 26.7 Å². The molecule has 1 N–H and O–H groups in total. The molecule has 12 heteroatoms. The normalized spacial score (nSPS) is 22.0. The number of ether oxygens (including phenoxy) is 1. The average Bonchev–Trinajstić information content (AvgIpc) is 3.26. The molecule has 1 saturated heterocycles. The second-order valence-electron chi connectivity index (χ2n) is 8.28. The molecule has 0 radical (unpaired) electrons. The molecule has 2 unspecified atom stereocenters. The lowest BCUT2D eigenvalue weighted by molar-refractivity contribution is -0.657. The zero-order valence-corrected chi connectivity index (χ0v) is 21.0. The number of carboxylic acids is 1. The summed E-state index contributed by atoms with van der Waals surface area (Å²) in [5, 5.41) is 8.80. The Labute approximate surface area is 212 Å². The molecule has 35 heavy (non-hydrogen) atoms. The van der Waals surface area contributed by atoms with Crippen LogP contribution < -0.4 is 13.8 Å². The van der Waals surface area contributed by atoms with Crippen LogP contribution in [0.3, 0.4) is 0 Å². The van der Waals surface area contributed by atoms with Gasteiger partial charge >= 0.3 is 11.9 Å². The first-order valence-electron chi connectivity index (χ1n) is 10.4. The van der Waals surface area contributed by atoms with E-state index < -0.39 is 21.5 Å². The van der Waals surface area contributed by atoms with Crippen molar-refractivity contribution in [3.05, 3.63) is 69.8 Å². The monoisotopic (exact) mass is 547 g/mol. The van der Waals surface area contributed by atoms with Gasteiger partial charge in [-0.3, -0.25) is 0 Å². The fourth-order valence-electron chi connectivity index (χ4n) is 4.56. The smallest absolute Gasteiger partial charge is 0.370 e. The van der Waals surface area contributed by atoms with Crippen LogP contribution in [0.1, 0.15) is 5.01 Å². The average molecular weight is 548 g/mol. The predicted molar refractivity (Wildman–Crippen MR) is 133 cm³/mol. The fourth-order valence-corrected chi connectivity index (χ4v) is 8.32.